The van der Waals surface area contributed by atoms with E-state index >= 15 is 0 Å². The Morgan fingerprint density at radius 3 is 2.81 bits per heavy atom. The second kappa shape index (κ2) is 8.61. The molecule has 7 heteroatoms. The maximum atomic E-state index is 12.8. The highest BCUT2D eigenvalue weighted by atomic mass is 16.2. The molecule has 5 rings (SSSR count). The van der Waals surface area contributed by atoms with E-state index in [0.717, 1.165) is 45.3 Å². The van der Waals surface area contributed by atoms with E-state index in [1.165, 1.54) is 17.7 Å². The summed E-state index contributed by atoms with van der Waals surface area (Å²) in [5.74, 6) is 0.906. The van der Waals surface area contributed by atoms with Crippen LogP contribution in [-0.2, 0) is 16.0 Å². The molecule has 1 aromatic carbocycles. The van der Waals surface area contributed by atoms with Gasteiger partial charge in [-0.1, -0.05) is 12.1 Å². The zero-order chi connectivity index (χ0) is 21.4. The standard InChI is InChI=1S/C24H33N5O2/c1-25-14-19(27-24(31)23-17-4-5-18(13-17)26-23)12-16-2-6-20(7-3-16)28-10-11-29-21(15-28)8-9-22(29)30/h2-3,6-7,14,17-19,21,23,26H,4-5,8-13,15H2,1H3,(H,27,31). The third-order valence-electron chi connectivity index (χ3n) is 7.55. The Morgan fingerprint density at radius 1 is 1.26 bits per heavy atom. The number of nitrogens with one attached hydrogen (secondary N) is 2. The Labute approximate surface area is 184 Å². The van der Waals surface area contributed by atoms with Gasteiger partial charge in [-0.3, -0.25) is 14.6 Å². The lowest BCUT2D eigenvalue weighted by atomic mass is 9.98. The predicted octanol–water partition coefficient (Wildman–Crippen LogP) is 1.37. The third-order valence-corrected chi connectivity index (χ3v) is 7.55. The Bertz CT molecular complexity index is 854. The van der Waals surface area contributed by atoms with Gasteiger partial charge in [0.15, 0.2) is 0 Å². The number of piperazine rings is 1. The molecule has 2 bridgehead atoms. The zero-order valence-corrected chi connectivity index (χ0v) is 18.3. The molecule has 1 saturated carbocycles. The first-order valence-electron chi connectivity index (χ1n) is 11.7. The van der Waals surface area contributed by atoms with Crippen molar-refractivity contribution in [3.63, 3.8) is 0 Å². The largest absolute Gasteiger partial charge is 0.368 e. The minimum Gasteiger partial charge on any atom is -0.368 e. The van der Waals surface area contributed by atoms with Gasteiger partial charge in [0, 0.05) is 57.1 Å². The van der Waals surface area contributed by atoms with Crippen molar-refractivity contribution < 1.29 is 9.59 Å². The molecule has 3 aliphatic heterocycles. The number of carbonyl (C=O) groups excluding carboxylic acids is 2. The van der Waals surface area contributed by atoms with Crippen LogP contribution in [0.4, 0.5) is 5.69 Å². The molecule has 1 aromatic rings. The van der Waals surface area contributed by atoms with Crippen LogP contribution in [0.25, 0.3) is 0 Å². The maximum Gasteiger partial charge on any atom is 0.237 e. The quantitative estimate of drug-likeness (QED) is 0.678. The van der Waals surface area contributed by atoms with Crippen molar-refractivity contribution in [2.45, 2.75) is 62.7 Å². The molecule has 0 radical (unpaired) electrons. The number of piperidine rings is 1. The summed E-state index contributed by atoms with van der Waals surface area (Å²) in [4.78, 5) is 33.4. The van der Waals surface area contributed by atoms with Crippen LogP contribution in [0, 0.1) is 5.92 Å². The average molecular weight is 424 g/mol. The van der Waals surface area contributed by atoms with Crippen molar-refractivity contribution >= 4 is 23.7 Å². The molecule has 3 heterocycles. The van der Waals surface area contributed by atoms with Gasteiger partial charge in [-0.25, -0.2) is 0 Å². The van der Waals surface area contributed by atoms with E-state index in [4.69, 9.17) is 0 Å². The fraction of sp³-hybridized carbons (Fsp3) is 0.625. The minimum absolute atomic E-state index is 0.0463. The summed E-state index contributed by atoms with van der Waals surface area (Å²) in [5, 5.41) is 6.68. The predicted molar refractivity (Wildman–Crippen MR) is 121 cm³/mol. The first-order valence-corrected chi connectivity index (χ1v) is 11.7. The summed E-state index contributed by atoms with van der Waals surface area (Å²) >= 11 is 0. The van der Waals surface area contributed by atoms with Crippen LogP contribution in [0.15, 0.2) is 29.3 Å². The number of fused-ring (bicyclic) bond motifs is 3. The van der Waals surface area contributed by atoms with Crippen LogP contribution in [0.1, 0.15) is 37.7 Å². The minimum atomic E-state index is -0.0997. The van der Waals surface area contributed by atoms with E-state index < -0.39 is 0 Å². The van der Waals surface area contributed by atoms with Gasteiger partial charge < -0.3 is 20.4 Å². The lowest BCUT2D eigenvalue weighted by Gasteiger charge is -2.39. The van der Waals surface area contributed by atoms with Gasteiger partial charge in [-0.15, -0.1) is 0 Å². The molecule has 3 saturated heterocycles. The molecule has 0 spiro atoms. The summed E-state index contributed by atoms with van der Waals surface area (Å²) in [7, 11) is 1.76. The third kappa shape index (κ3) is 4.20. The number of carbonyl (C=O) groups is 2. The van der Waals surface area contributed by atoms with Crippen molar-refractivity contribution in [3.8, 4) is 0 Å². The molecule has 2 N–H and O–H groups in total. The first-order chi connectivity index (χ1) is 15.1. The zero-order valence-electron chi connectivity index (χ0n) is 18.3. The lowest BCUT2D eigenvalue weighted by Crippen LogP contribution is -2.51. The highest BCUT2D eigenvalue weighted by Gasteiger charge is 2.43. The molecular formula is C24H33N5O2. The van der Waals surface area contributed by atoms with Crippen molar-refractivity contribution in [1.82, 2.24) is 15.5 Å². The molecule has 166 valence electrons. The summed E-state index contributed by atoms with van der Waals surface area (Å²) in [5.41, 5.74) is 2.39. The molecule has 7 nitrogen and oxygen atoms in total. The van der Waals surface area contributed by atoms with Crippen molar-refractivity contribution in [3.05, 3.63) is 29.8 Å². The monoisotopic (exact) mass is 423 g/mol. The van der Waals surface area contributed by atoms with E-state index in [9.17, 15) is 9.59 Å². The Kier molecular flexibility index (Phi) is 5.69. The van der Waals surface area contributed by atoms with Gasteiger partial charge in [-0.2, -0.15) is 0 Å². The molecule has 5 unspecified atom stereocenters. The van der Waals surface area contributed by atoms with Gasteiger partial charge in [0.1, 0.15) is 0 Å². The van der Waals surface area contributed by atoms with Gasteiger partial charge >= 0.3 is 0 Å². The van der Waals surface area contributed by atoms with Crippen LogP contribution in [0.5, 0.6) is 0 Å². The number of anilines is 1. The van der Waals surface area contributed by atoms with E-state index in [1.807, 2.05) is 11.1 Å². The van der Waals surface area contributed by atoms with E-state index in [1.54, 1.807) is 7.05 Å². The van der Waals surface area contributed by atoms with Gasteiger partial charge in [0.25, 0.3) is 0 Å². The number of nitrogens with zero attached hydrogens (tertiary/aromatic N) is 3. The molecule has 1 aliphatic carbocycles. The van der Waals surface area contributed by atoms with Crippen LogP contribution in [0.3, 0.4) is 0 Å². The lowest BCUT2D eigenvalue weighted by molar-refractivity contribution is -0.129. The number of aliphatic imine (C=N–C) groups is 1. The van der Waals surface area contributed by atoms with Gasteiger partial charge in [0.05, 0.1) is 12.1 Å². The number of hydrogen-bond acceptors (Lipinski definition) is 5. The normalized spacial score (nSPS) is 30.8. The highest BCUT2D eigenvalue weighted by Crippen LogP contribution is 2.35. The average Bonchev–Trinajstić information content (AvgIpc) is 3.50. The van der Waals surface area contributed by atoms with E-state index in [0.29, 0.717) is 30.3 Å². The second-order valence-corrected chi connectivity index (χ2v) is 9.53. The smallest absolute Gasteiger partial charge is 0.237 e. The summed E-state index contributed by atoms with van der Waals surface area (Å²) in [6.07, 6.45) is 7.74. The SMILES string of the molecule is CN=CC(Cc1ccc(N2CCN3C(=O)CCC3C2)cc1)NC(=O)C1NC2CCC1C2. The van der Waals surface area contributed by atoms with Crippen molar-refractivity contribution in [1.29, 1.82) is 0 Å². The molecule has 0 aromatic heterocycles. The fourth-order valence-corrected chi connectivity index (χ4v) is 5.94. The Morgan fingerprint density at radius 2 is 2.10 bits per heavy atom. The Hall–Kier alpha value is -2.41. The van der Waals surface area contributed by atoms with Crippen LogP contribution < -0.4 is 15.5 Å². The second-order valence-electron chi connectivity index (χ2n) is 9.53. The maximum absolute atomic E-state index is 12.8. The summed E-state index contributed by atoms with van der Waals surface area (Å²) in [6.45, 7) is 2.63. The van der Waals surface area contributed by atoms with Gasteiger partial charge in [-0.05, 0) is 55.7 Å². The molecule has 2 amide bonds. The van der Waals surface area contributed by atoms with Crippen molar-refractivity contribution in [2.24, 2.45) is 10.9 Å². The van der Waals surface area contributed by atoms with Crippen molar-refractivity contribution in [2.75, 3.05) is 31.6 Å². The number of rotatable bonds is 6. The van der Waals surface area contributed by atoms with Crippen LogP contribution in [0.2, 0.25) is 0 Å². The van der Waals surface area contributed by atoms with Crippen LogP contribution >= 0.6 is 0 Å². The molecule has 4 aliphatic rings. The highest BCUT2D eigenvalue weighted by molar-refractivity contribution is 5.86. The van der Waals surface area contributed by atoms with E-state index in [2.05, 4.69) is 44.8 Å². The molecule has 31 heavy (non-hydrogen) atoms. The first kappa shape index (κ1) is 20.5. The van der Waals surface area contributed by atoms with Crippen LogP contribution in [-0.4, -0.2) is 73.8 Å². The summed E-state index contributed by atoms with van der Waals surface area (Å²) in [6, 6.07) is 9.38. The molecular weight excluding hydrogens is 390 g/mol. The fourth-order valence-electron chi connectivity index (χ4n) is 5.94. The number of hydrogen-bond donors (Lipinski definition) is 2. The summed E-state index contributed by atoms with van der Waals surface area (Å²) < 4.78 is 0. The molecule has 4 fully saturated rings. The van der Waals surface area contributed by atoms with E-state index in [-0.39, 0.29) is 18.0 Å². The topological polar surface area (TPSA) is 77.0 Å². The number of benzene rings is 1. The number of amides is 2. The van der Waals surface area contributed by atoms with Gasteiger partial charge in [0.2, 0.25) is 11.8 Å². The molecule has 5 atom stereocenters. The Balaban J connectivity index is 1.18.